The molecule has 1 fully saturated rings. The number of rotatable bonds is 2. The predicted molar refractivity (Wildman–Crippen MR) is 76.7 cm³/mol. The van der Waals surface area contributed by atoms with Crippen molar-refractivity contribution < 1.29 is 4.42 Å². The third-order valence-corrected chi connectivity index (χ3v) is 3.53. The zero-order chi connectivity index (χ0) is 13.4. The molecule has 2 aromatic heterocycles. The van der Waals surface area contributed by atoms with Gasteiger partial charge in [0.1, 0.15) is 5.58 Å². The summed E-state index contributed by atoms with van der Waals surface area (Å²) in [5.74, 6) is 2.14. The van der Waals surface area contributed by atoms with Crippen molar-refractivity contribution in [3.05, 3.63) is 30.3 Å². The fourth-order valence-electron chi connectivity index (χ4n) is 2.47. The molecule has 0 atom stereocenters. The first-order valence-corrected chi connectivity index (χ1v) is 6.77. The number of aromatic nitrogens is 3. The van der Waals surface area contributed by atoms with Gasteiger partial charge in [-0.15, -0.1) is 5.10 Å². The van der Waals surface area contributed by atoms with E-state index in [4.69, 9.17) is 4.42 Å². The van der Waals surface area contributed by atoms with Gasteiger partial charge >= 0.3 is 0 Å². The third kappa shape index (κ3) is 1.94. The zero-order valence-electron chi connectivity index (χ0n) is 11.0. The minimum absolute atomic E-state index is 0.676. The normalized spacial score (nSPS) is 15.9. The summed E-state index contributed by atoms with van der Waals surface area (Å²) in [6.45, 7) is 3.79. The second-order valence-electron chi connectivity index (χ2n) is 4.87. The molecule has 0 aliphatic carbocycles. The number of para-hydroxylation sites is 1. The summed E-state index contributed by atoms with van der Waals surface area (Å²) in [5.41, 5.74) is 0.864. The fraction of sp³-hybridized carbons (Fsp3) is 0.286. The molecule has 2 N–H and O–H groups in total. The standard InChI is InChI=1S/C14H15N5O/c1-2-4-11-10(3-1)9-12(20-11)13-16-14(18-17-13)19-7-5-15-6-8-19/h1-4,9,15H,5-8H2,(H,16,17,18). The quantitative estimate of drug-likeness (QED) is 0.740. The number of fused-ring (bicyclic) bond motifs is 1. The molecule has 6 heteroatoms. The van der Waals surface area contributed by atoms with Crippen LogP contribution in [0.4, 0.5) is 5.95 Å². The van der Waals surface area contributed by atoms with Gasteiger partial charge in [0, 0.05) is 31.6 Å². The molecular formula is C14H15N5O. The number of aromatic amines is 1. The zero-order valence-corrected chi connectivity index (χ0v) is 11.0. The Balaban J connectivity index is 1.66. The molecule has 0 radical (unpaired) electrons. The summed E-state index contributed by atoms with van der Waals surface area (Å²) in [4.78, 5) is 6.70. The minimum atomic E-state index is 0.676. The molecule has 3 heterocycles. The Hall–Kier alpha value is -2.34. The number of nitrogens with one attached hydrogen (secondary N) is 2. The van der Waals surface area contributed by atoms with E-state index in [0.29, 0.717) is 5.82 Å². The number of furan rings is 1. The lowest BCUT2D eigenvalue weighted by molar-refractivity contribution is 0.580. The Kier molecular flexibility index (Phi) is 2.67. The van der Waals surface area contributed by atoms with Crippen LogP contribution < -0.4 is 10.2 Å². The van der Waals surface area contributed by atoms with Crippen molar-refractivity contribution in [1.82, 2.24) is 20.5 Å². The Labute approximate surface area is 115 Å². The second kappa shape index (κ2) is 4.64. The van der Waals surface area contributed by atoms with Gasteiger partial charge in [-0.05, 0) is 12.1 Å². The molecule has 20 heavy (non-hydrogen) atoms. The van der Waals surface area contributed by atoms with Crippen LogP contribution >= 0.6 is 0 Å². The van der Waals surface area contributed by atoms with Gasteiger partial charge in [0.2, 0.25) is 5.95 Å². The minimum Gasteiger partial charge on any atom is -0.453 e. The largest absolute Gasteiger partial charge is 0.453 e. The van der Waals surface area contributed by atoms with Gasteiger partial charge in [-0.1, -0.05) is 18.2 Å². The molecule has 4 rings (SSSR count). The van der Waals surface area contributed by atoms with Gasteiger partial charge in [0.15, 0.2) is 11.6 Å². The second-order valence-corrected chi connectivity index (χ2v) is 4.87. The number of H-pyrrole nitrogens is 1. The van der Waals surface area contributed by atoms with E-state index in [1.807, 2.05) is 30.3 Å². The van der Waals surface area contributed by atoms with Gasteiger partial charge in [-0.2, -0.15) is 4.98 Å². The van der Waals surface area contributed by atoms with Crippen molar-refractivity contribution in [3.63, 3.8) is 0 Å². The van der Waals surface area contributed by atoms with E-state index >= 15 is 0 Å². The lowest BCUT2D eigenvalue weighted by Crippen LogP contribution is -2.44. The van der Waals surface area contributed by atoms with Gasteiger partial charge in [-0.3, -0.25) is 5.10 Å². The highest BCUT2D eigenvalue weighted by Crippen LogP contribution is 2.26. The molecule has 1 aliphatic heterocycles. The molecule has 0 amide bonds. The van der Waals surface area contributed by atoms with Crippen LogP contribution in [0.3, 0.4) is 0 Å². The Bertz CT molecular complexity index is 693. The Morgan fingerprint density at radius 2 is 2.00 bits per heavy atom. The van der Waals surface area contributed by atoms with E-state index in [-0.39, 0.29) is 0 Å². The summed E-state index contributed by atoms with van der Waals surface area (Å²) < 4.78 is 5.79. The summed E-state index contributed by atoms with van der Waals surface area (Å²) in [7, 11) is 0. The first-order chi connectivity index (χ1) is 9.90. The lowest BCUT2D eigenvalue weighted by Gasteiger charge is -2.25. The van der Waals surface area contributed by atoms with Crippen molar-refractivity contribution in [2.45, 2.75) is 0 Å². The van der Waals surface area contributed by atoms with Crippen molar-refractivity contribution in [2.24, 2.45) is 0 Å². The topological polar surface area (TPSA) is 70.0 Å². The molecule has 0 bridgehead atoms. The summed E-state index contributed by atoms with van der Waals surface area (Å²) in [6, 6.07) is 9.91. The fourth-order valence-corrected chi connectivity index (χ4v) is 2.47. The monoisotopic (exact) mass is 269 g/mol. The molecule has 0 spiro atoms. The summed E-state index contributed by atoms with van der Waals surface area (Å²) in [5, 5.41) is 11.6. The van der Waals surface area contributed by atoms with Crippen LogP contribution in [0, 0.1) is 0 Å². The summed E-state index contributed by atoms with van der Waals surface area (Å²) >= 11 is 0. The average molecular weight is 269 g/mol. The number of piperazine rings is 1. The summed E-state index contributed by atoms with van der Waals surface area (Å²) in [6.07, 6.45) is 0. The van der Waals surface area contributed by atoms with Crippen LogP contribution in [-0.4, -0.2) is 41.4 Å². The lowest BCUT2D eigenvalue weighted by atomic mass is 10.2. The molecular weight excluding hydrogens is 254 g/mol. The molecule has 0 saturated carbocycles. The molecule has 3 aromatic rings. The van der Waals surface area contributed by atoms with Crippen LogP contribution in [0.2, 0.25) is 0 Å². The van der Waals surface area contributed by atoms with Gasteiger partial charge in [-0.25, -0.2) is 0 Å². The van der Waals surface area contributed by atoms with E-state index in [1.54, 1.807) is 0 Å². The maximum absolute atomic E-state index is 5.79. The van der Waals surface area contributed by atoms with Crippen LogP contribution in [0.1, 0.15) is 0 Å². The van der Waals surface area contributed by atoms with Crippen molar-refractivity contribution in [2.75, 3.05) is 31.1 Å². The Morgan fingerprint density at radius 1 is 1.15 bits per heavy atom. The van der Waals surface area contributed by atoms with E-state index in [1.165, 1.54) is 0 Å². The smallest absolute Gasteiger partial charge is 0.245 e. The van der Waals surface area contributed by atoms with Gasteiger partial charge in [0.05, 0.1) is 0 Å². The van der Waals surface area contributed by atoms with Gasteiger partial charge in [0.25, 0.3) is 0 Å². The SMILES string of the molecule is c1ccc2oc(-c3nc(N4CCNCC4)n[nH]3)cc2c1. The van der Waals surface area contributed by atoms with Crippen molar-refractivity contribution >= 4 is 16.9 Å². The van der Waals surface area contributed by atoms with E-state index in [0.717, 1.165) is 48.9 Å². The van der Waals surface area contributed by atoms with Crippen LogP contribution in [0.5, 0.6) is 0 Å². The van der Waals surface area contributed by atoms with Crippen LogP contribution in [0.15, 0.2) is 34.7 Å². The molecule has 6 nitrogen and oxygen atoms in total. The molecule has 1 saturated heterocycles. The Morgan fingerprint density at radius 3 is 2.85 bits per heavy atom. The highest BCUT2D eigenvalue weighted by Gasteiger charge is 2.17. The number of hydrogen-bond acceptors (Lipinski definition) is 5. The van der Waals surface area contributed by atoms with E-state index in [9.17, 15) is 0 Å². The number of anilines is 1. The average Bonchev–Trinajstić information content (AvgIpc) is 3.14. The maximum Gasteiger partial charge on any atom is 0.245 e. The molecule has 102 valence electrons. The van der Waals surface area contributed by atoms with Crippen molar-refractivity contribution in [1.29, 1.82) is 0 Å². The van der Waals surface area contributed by atoms with Crippen LogP contribution in [-0.2, 0) is 0 Å². The highest BCUT2D eigenvalue weighted by atomic mass is 16.3. The molecule has 0 unspecified atom stereocenters. The number of nitrogens with zero attached hydrogens (tertiary/aromatic N) is 3. The number of hydrogen-bond donors (Lipinski definition) is 2. The van der Waals surface area contributed by atoms with Crippen LogP contribution in [0.25, 0.3) is 22.6 Å². The third-order valence-electron chi connectivity index (χ3n) is 3.53. The first kappa shape index (κ1) is 11.5. The van der Waals surface area contributed by atoms with E-state index in [2.05, 4.69) is 25.4 Å². The number of benzene rings is 1. The molecule has 1 aliphatic rings. The molecule has 1 aromatic carbocycles. The highest BCUT2D eigenvalue weighted by molar-refractivity contribution is 5.81. The van der Waals surface area contributed by atoms with Gasteiger partial charge < -0.3 is 14.6 Å². The van der Waals surface area contributed by atoms with Crippen molar-refractivity contribution in [3.8, 4) is 11.6 Å². The predicted octanol–water partition coefficient (Wildman–Crippen LogP) is 1.63. The van der Waals surface area contributed by atoms with E-state index < -0.39 is 0 Å². The first-order valence-electron chi connectivity index (χ1n) is 6.77. The maximum atomic E-state index is 5.79.